The normalized spacial score (nSPS) is 12.6. The van der Waals surface area contributed by atoms with Crippen molar-refractivity contribution in [3.8, 4) is 5.75 Å². The van der Waals surface area contributed by atoms with Gasteiger partial charge in [-0.05, 0) is 30.4 Å². The van der Waals surface area contributed by atoms with Crippen LogP contribution in [0.5, 0.6) is 5.75 Å². The highest BCUT2D eigenvalue weighted by Crippen LogP contribution is 2.24. The Hall–Kier alpha value is -1.55. The number of carbonyl (C=O) groups is 1. The van der Waals surface area contributed by atoms with Gasteiger partial charge < -0.3 is 15.8 Å². The molecule has 0 fully saturated rings. The van der Waals surface area contributed by atoms with Gasteiger partial charge in [0.1, 0.15) is 5.75 Å². The Morgan fingerprint density at radius 2 is 1.85 bits per heavy atom. The summed E-state index contributed by atoms with van der Waals surface area (Å²) in [6, 6.07) is 6.94. The fraction of sp³-hybridized carbons (Fsp3) is 0.562. The molecule has 0 heterocycles. The fourth-order valence-electron chi connectivity index (χ4n) is 1.79. The van der Waals surface area contributed by atoms with Gasteiger partial charge in [-0.2, -0.15) is 0 Å². The van der Waals surface area contributed by atoms with Crippen molar-refractivity contribution in [1.82, 2.24) is 0 Å². The molecule has 1 aromatic rings. The van der Waals surface area contributed by atoms with Crippen molar-refractivity contribution < 1.29 is 9.53 Å². The standard InChI is InChI=1S/C16H26N2O2/c1-11(2)9-13(17)16(19)18-14-7-5-6-8-15(14)20-10-12(3)4/h5-8,11-13H,9-10,17H2,1-4H3,(H,18,19)/t13-/m1/s1. The third-order valence-electron chi connectivity index (χ3n) is 2.78. The van der Waals surface area contributed by atoms with Crippen molar-refractivity contribution in [3.05, 3.63) is 24.3 Å². The minimum absolute atomic E-state index is 0.167. The van der Waals surface area contributed by atoms with Gasteiger partial charge in [0.05, 0.1) is 18.3 Å². The van der Waals surface area contributed by atoms with Gasteiger partial charge in [0, 0.05) is 0 Å². The summed E-state index contributed by atoms with van der Waals surface area (Å²) in [5, 5.41) is 2.85. The molecular formula is C16H26N2O2. The van der Waals surface area contributed by atoms with E-state index in [1.807, 2.05) is 38.1 Å². The first-order valence-corrected chi connectivity index (χ1v) is 7.18. The van der Waals surface area contributed by atoms with Crippen molar-refractivity contribution in [3.63, 3.8) is 0 Å². The molecule has 0 aliphatic carbocycles. The highest BCUT2D eigenvalue weighted by Gasteiger charge is 2.16. The van der Waals surface area contributed by atoms with Gasteiger partial charge in [0.2, 0.25) is 5.91 Å². The maximum absolute atomic E-state index is 12.0. The molecule has 0 aliphatic rings. The second-order valence-electron chi connectivity index (χ2n) is 5.93. The van der Waals surface area contributed by atoms with E-state index >= 15 is 0 Å². The fourth-order valence-corrected chi connectivity index (χ4v) is 1.79. The van der Waals surface area contributed by atoms with Gasteiger partial charge in [0.25, 0.3) is 0 Å². The van der Waals surface area contributed by atoms with E-state index in [0.717, 1.165) is 0 Å². The van der Waals surface area contributed by atoms with Gasteiger partial charge in [0.15, 0.2) is 0 Å². The third kappa shape index (κ3) is 5.61. The molecular weight excluding hydrogens is 252 g/mol. The Bertz CT molecular complexity index is 430. The minimum Gasteiger partial charge on any atom is -0.491 e. The van der Waals surface area contributed by atoms with Crippen molar-refractivity contribution in [2.45, 2.75) is 40.2 Å². The van der Waals surface area contributed by atoms with Gasteiger partial charge in [-0.15, -0.1) is 0 Å². The van der Waals surface area contributed by atoms with Crippen molar-refractivity contribution >= 4 is 11.6 Å². The Morgan fingerprint density at radius 1 is 1.20 bits per heavy atom. The number of rotatable bonds is 7. The highest BCUT2D eigenvalue weighted by molar-refractivity contribution is 5.95. The molecule has 20 heavy (non-hydrogen) atoms. The van der Waals surface area contributed by atoms with E-state index in [9.17, 15) is 4.79 Å². The highest BCUT2D eigenvalue weighted by atomic mass is 16.5. The molecule has 0 bridgehead atoms. The van der Waals surface area contributed by atoms with E-state index in [1.54, 1.807) is 0 Å². The molecule has 4 heteroatoms. The smallest absolute Gasteiger partial charge is 0.241 e. The van der Waals surface area contributed by atoms with Crippen LogP contribution in [0, 0.1) is 11.8 Å². The van der Waals surface area contributed by atoms with E-state index in [1.165, 1.54) is 0 Å². The van der Waals surface area contributed by atoms with E-state index in [-0.39, 0.29) is 5.91 Å². The van der Waals surface area contributed by atoms with Crippen LogP contribution in [0.3, 0.4) is 0 Å². The van der Waals surface area contributed by atoms with Crippen molar-refractivity contribution in [1.29, 1.82) is 0 Å². The lowest BCUT2D eigenvalue weighted by Gasteiger charge is -2.17. The van der Waals surface area contributed by atoms with E-state index < -0.39 is 6.04 Å². The zero-order chi connectivity index (χ0) is 15.1. The van der Waals surface area contributed by atoms with Crippen LogP contribution in [-0.4, -0.2) is 18.6 Å². The summed E-state index contributed by atoms with van der Waals surface area (Å²) in [6.07, 6.45) is 0.668. The first kappa shape index (κ1) is 16.5. The van der Waals surface area contributed by atoms with E-state index in [4.69, 9.17) is 10.5 Å². The maximum atomic E-state index is 12.0. The van der Waals surface area contributed by atoms with Crippen molar-refractivity contribution in [2.24, 2.45) is 17.6 Å². The maximum Gasteiger partial charge on any atom is 0.241 e. The quantitative estimate of drug-likeness (QED) is 0.805. The number of hydrogen-bond donors (Lipinski definition) is 2. The zero-order valence-electron chi connectivity index (χ0n) is 12.8. The van der Waals surface area contributed by atoms with Crippen LogP contribution in [0.25, 0.3) is 0 Å². The molecule has 1 atom stereocenters. The third-order valence-corrected chi connectivity index (χ3v) is 2.78. The first-order valence-electron chi connectivity index (χ1n) is 7.18. The van der Waals surface area contributed by atoms with Gasteiger partial charge in [-0.3, -0.25) is 4.79 Å². The lowest BCUT2D eigenvalue weighted by molar-refractivity contribution is -0.117. The Labute approximate surface area is 121 Å². The molecule has 112 valence electrons. The van der Waals surface area contributed by atoms with Crippen LogP contribution in [0.2, 0.25) is 0 Å². The van der Waals surface area contributed by atoms with Gasteiger partial charge in [-0.25, -0.2) is 0 Å². The van der Waals surface area contributed by atoms with Crippen LogP contribution in [-0.2, 0) is 4.79 Å². The Kier molecular flexibility index (Phi) is 6.52. The Morgan fingerprint density at radius 3 is 2.45 bits per heavy atom. The summed E-state index contributed by atoms with van der Waals surface area (Å²) in [6.45, 7) is 8.88. The van der Waals surface area contributed by atoms with Gasteiger partial charge >= 0.3 is 0 Å². The number of nitrogens with two attached hydrogens (primary N) is 1. The molecule has 0 radical (unpaired) electrons. The summed E-state index contributed by atoms with van der Waals surface area (Å²) in [7, 11) is 0. The summed E-state index contributed by atoms with van der Waals surface area (Å²) in [5.41, 5.74) is 6.56. The van der Waals surface area contributed by atoms with E-state index in [0.29, 0.717) is 36.3 Å². The number of amides is 1. The molecule has 4 nitrogen and oxygen atoms in total. The SMILES string of the molecule is CC(C)COc1ccccc1NC(=O)[C@H](N)CC(C)C. The van der Waals surface area contributed by atoms with Crippen LogP contribution in [0.15, 0.2) is 24.3 Å². The zero-order valence-corrected chi connectivity index (χ0v) is 12.8. The number of ether oxygens (including phenoxy) is 1. The second-order valence-corrected chi connectivity index (χ2v) is 5.93. The van der Waals surface area contributed by atoms with Gasteiger partial charge in [-0.1, -0.05) is 39.8 Å². The summed E-state index contributed by atoms with van der Waals surface area (Å²) in [4.78, 5) is 12.0. The van der Waals surface area contributed by atoms with Crippen LogP contribution < -0.4 is 15.8 Å². The molecule has 0 aromatic heterocycles. The monoisotopic (exact) mass is 278 g/mol. The average Bonchev–Trinajstić information content (AvgIpc) is 2.36. The van der Waals surface area contributed by atoms with Crippen molar-refractivity contribution in [2.75, 3.05) is 11.9 Å². The minimum atomic E-state index is -0.492. The van der Waals surface area contributed by atoms with Crippen LogP contribution >= 0.6 is 0 Å². The molecule has 1 amide bonds. The summed E-state index contributed by atoms with van der Waals surface area (Å²) in [5.74, 6) is 1.34. The number of nitrogens with one attached hydrogen (secondary N) is 1. The number of para-hydroxylation sites is 2. The first-order chi connectivity index (χ1) is 9.40. The molecule has 1 rings (SSSR count). The topological polar surface area (TPSA) is 64.3 Å². The molecule has 0 saturated heterocycles. The second kappa shape index (κ2) is 7.90. The lowest BCUT2D eigenvalue weighted by atomic mass is 10.0. The predicted molar refractivity (Wildman–Crippen MR) is 82.8 cm³/mol. The molecule has 0 unspecified atom stereocenters. The number of benzene rings is 1. The largest absolute Gasteiger partial charge is 0.491 e. The summed E-state index contributed by atoms with van der Waals surface area (Å²) < 4.78 is 5.70. The number of anilines is 1. The predicted octanol–water partition coefficient (Wildman–Crippen LogP) is 3.03. The average molecular weight is 278 g/mol. The lowest BCUT2D eigenvalue weighted by Crippen LogP contribution is -2.36. The molecule has 3 N–H and O–H groups in total. The molecule has 0 aliphatic heterocycles. The Balaban J connectivity index is 2.69. The van der Waals surface area contributed by atoms with Crippen LogP contribution in [0.1, 0.15) is 34.1 Å². The van der Waals surface area contributed by atoms with Crippen LogP contribution in [0.4, 0.5) is 5.69 Å². The van der Waals surface area contributed by atoms with E-state index in [2.05, 4.69) is 19.2 Å². The molecule has 1 aromatic carbocycles. The summed E-state index contributed by atoms with van der Waals surface area (Å²) >= 11 is 0. The molecule has 0 saturated carbocycles. The number of hydrogen-bond acceptors (Lipinski definition) is 3. The molecule has 0 spiro atoms. The number of carbonyl (C=O) groups excluding carboxylic acids is 1.